The van der Waals surface area contributed by atoms with Gasteiger partial charge in [-0.2, -0.15) is 0 Å². The van der Waals surface area contributed by atoms with Crippen LogP contribution in [0.4, 0.5) is 0 Å². The third kappa shape index (κ3) is 4.03. The molecule has 0 amide bonds. The van der Waals surface area contributed by atoms with Gasteiger partial charge in [-0.3, -0.25) is 4.79 Å². The van der Waals surface area contributed by atoms with Gasteiger partial charge in [-0.1, -0.05) is 20.8 Å². The monoisotopic (exact) mass is 461 g/mol. The van der Waals surface area contributed by atoms with Gasteiger partial charge >= 0.3 is 0 Å². The fraction of sp³-hybridized carbons (Fsp3) is 0.926. The molecule has 0 aromatic heterocycles. The topological polar surface area (TPSA) is 85.7 Å². The molecule has 0 heterocycles. The quantitative estimate of drug-likeness (QED) is 0.393. The van der Waals surface area contributed by atoms with Gasteiger partial charge in [0.25, 0.3) is 0 Å². The maximum atomic E-state index is 13.4. The summed E-state index contributed by atoms with van der Waals surface area (Å²) in [4.78, 5) is 13.4. The van der Waals surface area contributed by atoms with Gasteiger partial charge in [0.1, 0.15) is 0 Å². The van der Waals surface area contributed by atoms with E-state index in [0.29, 0.717) is 36.6 Å². The third-order valence-electron chi connectivity index (χ3n) is 11.1. The van der Waals surface area contributed by atoms with Gasteiger partial charge < -0.3 is 15.3 Å². The number of nitrogens with zero attached hydrogens (tertiary/aromatic N) is 1. The average molecular weight is 462 g/mol. The summed E-state index contributed by atoms with van der Waals surface area (Å²) in [5.74, 6) is 2.01. The lowest BCUT2D eigenvalue weighted by Crippen LogP contribution is -2.64. The van der Waals surface area contributed by atoms with Crippen molar-refractivity contribution in [2.75, 3.05) is 27.2 Å². The van der Waals surface area contributed by atoms with Crippen LogP contribution in [0.2, 0.25) is 0 Å². The highest BCUT2D eigenvalue weighted by Gasteiger charge is 2.68. The summed E-state index contributed by atoms with van der Waals surface area (Å²) in [6, 6.07) is 0. The normalized spacial score (nSPS) is 49.3. The summed E-state index contributed by atoms with van der Waals surface area (Å²) in [7, 11) is 3.74. The number of nitrogens with one attached hydrogen (secondary N) is 2. The van der Waals surface area contributed by atoms with Gasteiger partial charge in [-0.25, -0.2) is 10.4 Å². The lowest BCUT2D eigenvalue weighted by Gasteiger charge is -2.67. The minimum absolute atomic E-state index is 0.0474. The largest absolute Gasteiger partial charge is 0.390 e. The van der Waals surface area contributed by atoms with Crippen molar-refractivity contribution in [2.24, 2.45) is 39.9 Å². The smallest absolute Gasteiger partial charge is 0.151 e. The number of rotatable bonds is 7. The molecular formula is C27H47N3O3. The molecular weight excluding hydrogens is 414 g/mol. The van der Waals surface area contributed by atoms with E-state index in [1.807, 2.05) is 26.1 Å². The Morgan fingerprint density at radius 1 is 1.06 bits per heavy atom. The molecule has 0 aliphatic heterocycles. The van der Waals surface area contributed by atoms with Crippen molar-refractivity contribution in [1.29, 1.82) is 5.41 Å². The lowest BCUT2D eigenvalue weighted by atomic mass is 9.38. The number of hydrogen-bond donors (Lipinski definition) is 3. The van der Waals surface area contributed by atoms with E-state index < -0.39 is 5.60 Å². The number of hydrazine groups is 1. The Morgan fingerprint density at radius 3 is 2.42 bits per heavy atom. The van der Waals surface area contributed by atoms with Gasteiger partial charge in [-0.05, 0) is 92.3 Å². The van der Waals surface area contributed by atoms with Crippen molar-refractivity contribution in [3.63, 3.8) is 0 Å². The second-order valence-electron chi connectivity index (χ2n) is 13.0. The maximum absolute atomic E-state index is 13.4. The zero-order valence-corrected chi connectivity index (χ0v) is 21.7. The highest BCUT2D eigenvalue weighted by molar-refractivity contribution is 5.84. The maximum Gasteiger partial charge on any atom is 0.151 e. The van der Waals surface area contributed by atoms with Crippen LogP contribution in [0.15, 0.2) is 0 Å². The SMILES string of the molecule is CO[C@@H]1C[C@@]2(C)[C@@H]3CC[C@H](C(=O)CNN(C)CC=N)[C@@]3(C)CC[C@@H]2[C@@]2(C)CC[C@@](C)(O)C[C@H]12. The summed E-state index contributed by atoms with van der Waals surface area (Å²) in [5.41, 5.74) is 3.02. The van der Waals surface area contributed by atoms with Crippen LogP contribution in [-0.4, -0.2) is 61.1 Å². The van der Waals surface area contributed by atoms with Gasteiger partial charge in [0, 0.05) is 32.8 Å². The standard InChI is InChI=1S/C27H47N3O3/c1-24(32)11-12-26(3)19(15-24)21(33-6)16-27(4)22-8-7-18(25(22,2)10-9-23(26)27)20(31)17-29-30(5)14-13-28/h13,18-19,21-23,28-29,32H,7-12,14-17H2,1-6H3/t18-,19-,21-,22-,23-,24-,25-,26+,27+/m1/s1. The van der Waals surface area contributed by atoms with Gasteiger partial charge in [-0.15, -0.1) is 0 Å². The second kappa shape index (κ2) is 8.69. The first-order valence-corrected chi connectivity index (χ1v) is 13.1. The molecule has 9 atom stereocenters. The Hall–Kier alpha value is -0.820. The van der Waals surface area contributed by atoms with E-state index in [4.69, 9.17) is 10.1 Å². The molecule has 4 rings (SSSR count). The van der Waals surface area contributed by atoms with Crippen LogP contribution in [0.3, 0.4) is 0 Å². The van der Waals surface area contributed by atoms with Crippen LogP contribution < -0.4 is 5.43 Å². The molecule has 0 spiro atoms. The van der Waals surface area contributed by atoms with Gasteiger partial charge in [0.05, 0.1) is 18.2 Å². The molecule has 4 aliphatic rings. The Labute approximate surface area is 200 Å². The predicted molar refractivity (Wildman–Crippen MR) is 131 cm³/mol. The number of carbonyl (C=O) groups excluding carboxylic acids is 1. The number of aliphatic hydroxyl groups is 1. The molecule has 0 radical (unpaired) electrons. The third-order valence-corrected chi connectivity index (χ3v) is 11.1. The first-order chi connectivity index (χ1) is 15.4. The molecule has 0 bridgehead atoms. The lowest BCUT2D eigenvalue weighted by molar-refractivity contribution is -0.226. The van der Waals surface area contributed by atoms with Crippen LogP contribution in [0, 0.1) is 45.3 Å². The molecule has 33 heavy (non-hydrogen) atoms. The second-order valence-corrected chi connectivity index (χ2v) is 13.0. The van der Waals surface area contributed by atoms with Crippen molar-refractivity contribution < 1.29 is 14.6 Å². The van der Waals surface area contributed by atoms with Crippen LogP contribution in [0.5, 0.6) is 0 Å². The zero-order chi connectivity index (χ0) is 24.2. The molecule has 4 fully saturated rings. The highest BCUT2D eigenvalue weighted by Crippen LogP contribution is 2.72. The number of ketones is 1. The van der Waals surface area contributed by atoms with E-state index in [-0.39, 0.29) is 28.3 Å². The molecule has 4 aliphatic carbocycles. The van der Waals surface area contributed by atoms with Crippen LogP contribution in [0.25, 0.3) is 0 Å². The first kappa shape index (κ1) is 25.3. The van der Waals surface area contributed by atoms with Crippen molar-refractivity contribution >= 4 is 12.0 Å². The molecule has 6 heteroatoms. The first-order valence-electron chi connectivity index (χ1n) is 13.1. The van der Waals surface area contributed by atoms with Gasteiger partial charge in [0.2, 0.25) is 0 Å². The van der Waals surface area contributed by atoms with E-state index in [9.17, 15) is 9.90 Å². The zero-order valence-electron chi connectivity index (χ0n) is 21.7. The number of hydrogen-bond acceptors (Lipinski definition) is 6. The Balaban J connectivity index is 1.58. The minimum Gasteiger partial charge on any atom is -0.390 e. The van der Waals surface area contributed by atoms with E-state index in [2.05, 4.69) is 26.2 Å². The van der Waals surface area contributed by atoms with Gasteiger partial charge in [0.15, 0.2) is 5.78 Å². The van der Waals surface area contributed by atoms with E-state index in [1.54, 1.807) is 0 Å². The van der Waals surface area contributed by atoms with Crippen molar-refractivity contribution in [2.45, 2.75) is 90.8 Å². The number of ether oxygens (including phenoxy) is 1. The Bertz CT molecular complexity index is 772. The number of methoxy groups -OCH3 is 1. The molecule has 3 N–H and O–H groups in total. The fourth-order valence-corrected chi connectivity index (χ4v) is 9.47. The van der Waals surface area contributed by atoms with Crippen LogP contribution >= 0.6 is 0 Å². The van der Waals surface area contributed by atoms with E-state index in [1.165, 1.54) is 12.6 Å². The molecule has 4 saturated carbocycles. The predicted octanol–water partition coefficient (Wildman–Crippen LogP) is 4.07. The molecule has 0 unspecified atom stereocenters. The Kier molecular flexibility index (Phi) is 6.65. The molecule has 6 nitrogen and oxygen atoms in total. The summed E-state index contributed by atoms with van der Waals surface area (Å²) in [6.45, 7) is 10.3. The van der Waals surface area contributed by atoms with Crippen molar-refractivity contribution in [1.82, 2.24) is 10.4 Å². The fourth-order valence-electron chi connectivity index (χ4n) is 9.47. The summed E-state index contributed by atoms with van der Waals surface area (Å²) < 4.78 is 6.17. The van der Waals surface area contributed by atoms with Crippen LogP contribution in [0.1, 0.15) is 79.1 Å². The van der Waals surface area contributed by atoms with Crippen molar-refractivity contribution in [3.8, 4) is 0 Å². The molecule has 0 aromatic carbocycles. The van der Waals surface area contributed by atoms with Crippen molar-refractivity contribution in [3.05, 3.63) is 0 Å². The highest BCUT2D eigenvalue weighted by atomic mass is 16.5. The number of fused-ring (bicyclic) bond motifs is 5. The molecule has 188 valence electrons. The summed E-state index contributed by atoms with van der Waals surface area (Å²) >= 11 is 0. The van der Waals surface area contributed by atoms with E-state index in [0.717, 1.165) is 44.9 Å². The number of Topliss-reactive ketones (excluding diaryl/α,β-unsaturated/α-hetero) is 1. The van der Waals surface area contributed by atoms with E-state index >= 15 is 0 Å². The minimum atomic E-state index is -0.583. The Morgan fingerprint density at radius 2 is 1.76 bits per heavy atom. The summed E-state index contributed by atoms with van der Waals surface area (Å²) in [6.07, 6.45) is 9.79. The molecule has 0 aromatic rings. The van der Waals surface area contributed by atoms with Crippen LogP contribution in [-0.2, 0) is 9.53 Å². The average Bonchev–Trinajstić information content (AvgIpc) is 3.11. The summed E-state index contributed by atoms with van der Waals surface area (Å²) in [5, 5.41) is 20.0. The number of carbonyl (C=O) groups is 1. The molecule has 0 saturated heterocycles.